The number of amides is 1. The average molecular weight is 637 g/mol. The molecule has 11 heteroatoms. The molecule has 1 amide bonds. The number of benzene rings is 1. The topological polar surface area (TPSA) is 82.6 Å². The monoisotopic (exact) mass is 636 g/mol. The summed E-state index contributed by atoms with van der Waals surface area (Å²) >= 11 is 2.02. The Labute approximate surface area is 230 Å². The Morgan fingerprint density at radius 2 is 1.86 bits per heavy atom. The van der Waals surface area contributed by atoms with Gasteiger partial charge in [-0.25, -0.2) is 8.42 Å². The van der Waals surface area contributed by atoms with Gasteiger partial charge in [0.25, 0.3) is 0 Å². The quantitative estimate of drug-likeness (QED) is 0.288. The molecule has 1 aromatic carbocycles. The van der Waals surface area contributed by atoms with Crippen LogP contribution in [0.25, 0.3) is 0 Å². The molecule has 1 saturated heterocycles. The zero-order valence-corrected chi connectivity index (χ0v) is 25.2. The Hall–Kier alpha value is -0.990. The van der Waals surface area contributed by atoms with Crippen LogP contribution in [0, 0.1) is 10.5 Å². The van der Waals surface area contributed by atoms with E-state index in [4.69, 9.17) is 9.47 Å². The summed E-state index contributed by atoms with van der Waals surface area (Å²) in [7, 11) is 3.44. The molecule has 204 valence electrons. The molecular formula is C25H41IN4O5S. The number of carbonyl (C=O) groups excluding carboxylic acids is 1. The Bertz CT molecular complexity index is 977. The summed E-state index contributed by atoms with van der Waals surface area (Å²) in [6.07, 6.45) is 4.36. The van der Waals surface area contributed by atoms with Crippen LogP contribution in [-0.4, -0.2) is 120 Å². The van der Waals surface area contributed by atoms with Gasteiger partial charge in [0.15, 0.2) is 0 Å². The number of aryl methyl sites for hydroxylation is 1. The van der Waals surface area contributed by atoms with Crippen molar-refractivity contribution in [2.75, 3.05) is 74.2 Å². The summed E-state index contributed by atoms with van der Waals surface area (Å²) in [5.74, 6) is 0.572. The summed E-state index contributed by atoms with van der Waals surface area (Å²) in [4.78, 5) is 19.9. The van der Waals surface area contributed by atoms with Crippen LogP contribution in [0.2, 0.25) is 0 Å². The van der Waals surface area contributed by atoms with E-state index in [2.05, 4.69) is 16.8 Å². The van der Waals surface area contributed by atoms with E-state index in [1.54, 1.807) is 26.2 Å². The van der Waals surface area contributed by atoms with Gasteiger partial charge in [0.05, 0.1) is 18.6 Å². The minimum atomic E-state index is -3.69. The molecule has 1 saturated carbocycles. The number of halogens is 1. The van der Waals surface area contributed by atoms with Gasteiger partial charge in [-0.1, -0.05) is 0 Å². The largest absolute Gasteiger partial charge is 0.497 e. The number of likely N-dealkylation sites (N-methyl/N-ethyl adjacent to an activating group) is 3. The fourth-order valence-electron chi connectivity index (χ4n) is 5.09. The second kappa shape index (κ2) is 13.2. The van der Waals surface area contributed by atoms with Crippen molar-refractivity contribution in [3.63, 3.8) is 0 Å². The standard InChI is InChI=1S/C25H41IN4O5S/c1-19-15-22(34-5)17-23(26)25(19)36(32,33)28(3)13-14-35-18-24(31)29(4)20-7-6-8-21(16-20)30-11-9-27(2)10-12-30/h15,17,20-21H,6-14,16,18H2,1-5H3/t20-,21?/m0/s1. The Morgan fingerprint density at radius 3 is 2.50 bits per heavy atom. The first kappa shape index (κ1) is 29.6. The first-order valence-corrected chi connectivity index (χ1v) is 15.1. The van der Waals surface area contributed by atoms with Crippen LogP contribution in [-0.2, 0) is 19.6 Å². The zero-order valence-electron chi connectivity index (χ0n) is 22.2. The van der Waals surface area contributed by atoms with E-state index in [1.807, 2.05) is 34.5 Å². The van der Waals surface area contributed by atoms with Crippen molar-refractivity contribution in [3.8, 4) is 5.75 Å². The van der Waals surface area contributed by atoms with Crippen molar-refractivity contribution < 1.29 is 22.7 Å². The van der Waals surface area contributed by atoms with Gasteiger partial charge in [-0.2, -0.15) is 4.31 Å². The van der Waals surface area contributed by atoms with E-state index in [0.29, 0.717) is 20.9 Å². The number of piperazine rings is 1. The van der Waals surface area contributed by atoms with Crippen LogP contribution < -0.4 is 4.74 Å². The Kier molecular flexibility index (Phi) is 10.8. The molecule has 0 bridgehead atoms. The normalized spacial score (nSPS) is 22.1. The average Bonchev–Trinajstić information content (AvgIpc) is 2.85. The molecule has 0 N–H and O–H groups in total. The molecule has 1 aromatic rings. The second-order valence-electron chi connectivity index (χ2n) is 9.95. The summed E-state index contributed by atoms with van der Waals surface area (Å²) in [6.45, 7) is 6.43. The van der Waals surface area contributed by atoms with Gasteiger partial charge in [0.2, 0.25) is 15.9 Å². The van der Waals surface area contributed by atoms with Gasteiger partial charge in [-0.15, -0.1) is 0 Å². The van der Waals surface area contributed by atoms with E-state index in [9.17, 15) is 13.2 Å². The maximum absolute atomic E-state index is 13.1. The van der Waals surface area contributed by atoms with Gasteiger partial charge in [-0.05, 0) is 79.9 Å². The molecule has 0 spiro atoms. The third-order valence-electron chi connectivity index (χ3n) is 7.50. The number of carbonyl (C=O) groups is 1. The predicted molar refractivity (Wildman–Crippen MR) is 149 cm³/mol. The maximum atomic E-state index is 13.1. The van der Waals surface area contributed by atoms with E-state index >= 15 is 0 Å². The highest BCUT2D eigenvalue weighted by molar-refractivity contribution is 14.1. The fourth-order valence-corrected chi connectivity index (χ4v) is 8.05. The summed E-state index contributed by atoms with van der Waals surface area (Å²) in [5, 5.41) is 0. The van der Waals surface area contributed by atoms with Crippen molar-refractivity contribution >= 4 is 38.5 Å². The lowest BCUT2D eigenvalue weighted by Gasteiger charge is -2.43. The van der Waals surface area contributed by atoms with Crippen molar-refractivity contribution in [1.29, 1.82) is 0 Å². The van der Waals surface area contributed by atoms with Gasteiger partial charge < -0.3 is 19.3 Å². The van der Waals surface area contributed by atoms with Crippen LogP contribution >= 0.6 is 22.6 Å². The summed E-state index contributed by atoms with van der Waals surface area (Å²) in [5.41, 5.74) is 0.630. The number of nitrogens with zero attached hydrogens (tertiary/aromatic N) is 4. The highest BCUT2D eigenvalue weighted by atomic mass is 127. The van der Waals surface area contributed by atoms with Gasteiger partial charge in [0.1, 0.15) is 12.4 Å². The van der Waals surface area contributed by atoms with Gasteiger partial charge >= 0.3 is 0 Å². The lowest BCUT2D eigenvalue weighted by Crippen LogP contribution is -2.52. The number of rotatable bonds is 10. The first-order valence-electron chi connectivity index (χ1n) is 12.6. The van der Waals surface area contributed by atoms with Crippen molar-refractivity contribution in [2.45, 2.75) is 49.6 Å². The zero-order chi connectivity index (χ0) is 26.5. The van der Waals surface area contributed by atoms with E-state index in [-0.39, 0.29) is 36.6 Å². The SMILES string of the molecule is COc1cc(C)c(S(=O)(=O)N(C)CCOCC(=O)N(C)[C@H]2CCCC(N3CCN(C)CC3)C2)c(I)c1. The second-order valence-corrected chi connectivity index (χ2v) is 13.1. The number of methoxy groups -OCH3 is 1. The molecule has 0 radical (unpaired) electrons. The predicted octanol–water partition coefficient (Wildman–Crippen LogP) is 2.26. The van der Waals surface area contributed by atoms with Crippen LogP contribution in [0.3, 0.4) is 0 Å². The molecule has 1 aliphatic carbocycles. The van der Waals surface area contributed by atoms with Gasteiger partial charge in [-0.3, -0.25) is 9.69 Å². The van der Waals surface area contributed by atoms with E-state index in [0.717, 1.165) is 45.4 Å². The molecule has 0 aromatic heterocycles. The smallest absolute Gasteiger partial charge is 0.248 e. The third kappa shape index (κ3) is 7.31. The van der Waals surface area contributed by atoms with Crippen LogP contribution in [0.1, 0.15) is 31.2 Å². The van der Waals surface area contributed by atoms with Crippen molar-refractivity contribution in [3.05, 3.63) is 21.3 Å². The number of hydrogen-bond acceptors (Lipinski definition) is 7. The number of ether oxygens (including phenoxy) is 2. The van der Waals surface area contributed by atoms with Crippen LogP contribution in [0.15, 0.2) is 17.0 Å². The highest BCUT2D eigenvalue weighted by Gasteiger charge is 2.32. The molecule has 3 rings (SSSR count). The van der Waals surface area contributed by atoms with Crippen LogP contribution in [0.5, 0.6) is 5.75 Å². The molecule has 2 atom stereocenters. The van der Waals surface area contributed by atoms with E-state index < -0.39 is 10.0 Å². The van der Waals surface area contributed by atoms with Crippen LogP contribution in [0.4, 0.5) is 0 Å². The third-order valence-corrected chi connectivity index (χ3v) is 10.8. The lowest BCUT2D eigenvalue weighted by atomic mass is 9.88. The minimum absolute atomic E-state index is 0.0425. The molecule has 2 fully saturated rings. The highest BCUT2D eigenvalue weighted by Crippen LogP contribution is 2.29. The Balaban J connectivity index is 1.46. The lowest BCUT2D eigenvalue weighted by molar-refractivity contribution is -0.138. The molecule has 1 unspecified atom stereocenters. The summed E-state index contributed by atoms with van der Waals surface area (Å²) < 4.78 is 39.0. The fraction of sp³-hybridized carbons (Fsp3) is 0.720. The minimum Gasteiger partial charge on any atom is -0.497 e. The first-order chi connectivity index (χ1) is 17.0. The summed E-state index contributed by atoms with van der Waals surface area (Å²) in [6, 6.07) is 4.19. The number of hydrogen-bond donors (Lipinski definition) is 0. The Morgan fingerprint density at radius 1 is 1.17 bits per heavy atom. The van der Waals surface area contributed by atoms with Gasteiger partial charge in [0, 0.05) is 62.5 Å². The maximum Gasteiger partial charge on any atom is 0.248 e. The molecule has 1 aliphatic heterocycles. The number of sulfonamides is 1. The molecular weight excluding hydrogens is 595 g/mol. The van der Waals surface area contributed by atoms with Crippen molar-refractivity contribution in [1.82, 2.24) is 19.0 Å². The molecule has 2 aliphatic rings. The molecule has 1 heterocycles. The van der Waals surface area contributed by atoms with E-state index in [1.165, 1.54) is 17.8 Å². The molecule has 36 heavy (non-hydrogen) atoms. The molecule has 9 nitrogen and oxygen atoms in total. The van der Waals surface area contributed by atoms with Crippen molar-refractivity contribution in [2.24, 2.45) is 0 Å².